The Kier molecular flexibility index (Phi) is 5.21. The van der Waals surface area contributed by atoms with Gasteiger partial charge in [-0.3, -0.25) is 4.90 Å². The van der Waals surface area contributed by atoms with E-state index in [0.717, 1.165) is 38.9 Å². The molecule has 2 aliphatic rings. The number of nitrogens with one attached hydrogen (secondary N) is 1. The number of piperidine rings is 1. The van der Waals surface area contributed by atoms with Crippen molar-refractivity contribution in [1.82, 2.24) is 15.1 Å². The Bertz CT molecular complexity index is 503. The number of amides is 2. The lowest BCUT2D eigenvalue weighted by atomic mass is 9.79. The highest BCUT2D eigenvalue weighted by atomic mass is 16.2. The number of benzene rings is 1. The van der Waals surface area contributed by atoms with Crippen molar-refractivity contribution in [2.24, 2.45) is 0 Å². The van der Waals surface area contributed by atoms with Crippen molar-refractivity contribution in [3.63, 3.8) is 0 Å². The molecule has 2 saturated heterocycles. The van der Waals surface area contributed by atoms with E-state index in [4.69, 9.17) is 0 Å². The summed E-state index contributed by atoms with van der Waals surface area (Å²) in [5.41, 5.74) is 1.55. The molecule has 0 unspecified atom stereocenters. The van der Waals surface area contributed by atoms with E-state index in [1.54, 1.807) is 0 Å². The number of likely N-dealkylation sites (tertiary alicyclic amines) is 2. The summed E-state index contributed by atoms with van der Waals surface area (Å²) in [5.74, 6) is 0. The van der Waals surface area contributed by atoms with Crippen LogP contribution in [-0.2, 0) is 5.54 Å². The van der Waals surface area contributed by atoms with E-state index >= 15 is 0 Å². The molecule has 2 fully saturated rings. The summed E-state index contributed by atoms with van der Waals surface area (Å²) in [6.45, 7) is 6.94. The van der Waals surface area contributed by atoms with Gasteiger partial charge in [-0.1, -0.05) is 37.3 Å². The number of carbonyl (C=O) groups excluding carboxylic acids is 1. The molecule has 0 bridgehead atoms. The van der Waals surface area contributed by atoms with Gasteiger partial charge < -0.3 is 10.2 Å². The monoisotopic (exact) mass is 315 g/mol. The third kappa shape index (κ3) is 3.37. The van der Waals surface area contributed by atoms with E-state index < -0.39 is 0 Å². The zero-order valence-electron chi connectivity index (χ0n) is 14.3. The van der Waals surface area contributed by atoms with Gasteiger partial charge in [-0.2, -0.15) is 0 Å². The maximum absolute atomic E-state index is 12.2. The Morgan fingerprint density at radius 2 is 1.74 bits per heavy atom. The van der Waals surface area contributed by atoms with Crippen LogP contribution in [0.5, 0.6) is 0 Å². The molecule has 1 aromatic rings. The molecule has 2 heterocycles. The largest absolute Gasteiger partial charge is 0.338 e. The molecule has 0 spiro atoms. The van der Waals surface area contributed by atoms with Gasteiger partial charge in [0.1, 0.15) is 0 Å². The first-order chi connectivity index (χ1) is 11.3. The smallest absolute Gasteiger partial charge is 0.317 e. The normalized spacial score (nSPS) is 21.3. The van der Waals surface area contributed by atoms with Crippen LogP contribution < -0.4 is 5.32 Å². The van der Waals surface area contributed by atoms with Gasteiger partial charge in [0.25, 0.3) is 0 Å². The summed E-state index contributed by atoms with van der Waals surface area (Å²) in [4.78, 5) is 16.9. The van der Waals surface area contributed by atoms with Crippen LogP contribution >= 0.6 is 0 Å². The summed E-state index contributed by atoms with van der Waals surface area (Å²) in [7, 11) is 0. The van der Waals surface area contributed by atoms with Gasteiger partial charge in [0.2, 0.25) is 0 Å². The highest BCUT2D eigenvalue weighted by molar-refractivity contribution is 5.74. The minimum atomic E-state index is 0.106. The lowest BCUT2D eigenvalue weighted by Gasteiger charge is -2.48. The number of hydrogen-bond acceptors (Lipinski definition) is 2. The molecule has 2 amide bonds. The molecule has 1 aromatic carbocycles. The van der Waals surface area contributed by atoms with Crippen LogP contribution in [-0.4, -0.2) is 48.6 Å². The van der Waals surface area contributed by atoms with Crippen molar-refractivity contribution in [3.05, 3.63) is 35.9 Å². The van der Waals surface area contributed by atoms with Gasteiger partial charge in [-0.25, -0.2) is 4.79 Å². The summed E-state index contributed by atoms with van der Waals surface area (Å²) < 4.78 is 0. The predicted octanol–water partition coefficient (Wildman–Crippen LogP) is 3.19. The minimum absolute atomic E-state index is 0.106. The zero-order valence-corrected chi connectivity index (χ0v) is 14.3. The first-order valence-corrected chi connectivity index (χ1v) is 9.09. The molecule has 4 nitrogen and oxygen atoms in total. The summed E-state index contributed by atoms with van der Waals surface area (Å²) in [6, 6.07) is 11.0. The first-order valence-electron chi connectivity index (χ1n) is 9.09. The third-order valence-corrected chi connectivity index (χ3v) is 5.43. The first kappa shape index (κ1) is 16.3. The number of hydrogen-bond donors (Lipinski definition) is 1. The van der Waals surface area contributed by atoms with Crippen LogP contribution in [0, 0.1) is 0 Å². The van der Waals surface area contributed by atoms with Crippen molar-refractivity contribution in [2.45, 2.75) is 44.6 Å². The number of nitrogens with zero attached hydrogens (tertiary/aromatic N) is 2. The Balaban J connectivity index is 1.74. The predicted molar refractivity (Wildman–Crippen MR) is 93.4 cm³/mol. The van der Waals surface area contributed by atoms with Crippen molar-refractivity contribution in [3.8, 4) is 0 Å². The van der Waals surface area contributed by atoms with Crippen LogP contribution in [0.3, 0.4) is 0 Å². The second kappa shape index (κ2) is 7.35. The van der Waals surface area contributed by atoms with Crippen LogP contribution in [0.25, 0.3) is 0 Å². The second-order valence-electron chi connectivity index (χ2n) is 6.81. The Morgan fingerprint density at radius 1 is 1.09 bits per heavy atom. The maximum Gasteiger partial charge on any atom is 0.317 e. The minimum Gasteiger partial charge on any atom is -0.338 e. The van der Waals surface area contributed by atoms with Crippen LogP contribution in [0.4, 0.5) is 4.79 Å². The fourth-order valence-corrected chi connectivity index (χ4v) is 4.10. The molecule has 4 heteroatoms. The molecule has 0 radical (unpaired) electrons. The maximum atomic E-state index is 12.2. The molecule has 0 atom stereocenters. The average Bonchev–Trinajstić information content (AvgIpc) is 3.15. The Morgan fingerprint density at radius 3 is 2.35 bits per heavy atom. The van der Waals surface area contributed by atoms with E-state index in [1.807, 2.05) is 4.90 Å². The van der Waals surface area contributed by atoms with E-state index in [2.05, 4.69) is 47.5 Å². The van der Waals surface area contributed by atoms with Crippen molar-refractivity contribution >= 4 is 6.03 Å². The molecular formula is C19H29N3O. The Labute approximate surface area is 139 Å². The molecule has 23 heavy (non-hydrogen) atoms. The van der Waals surface area contributed by atoms with E-state index in [-0.39, 0.29) is 11.6 Å². The van der Waals surface area contributed by atoms with Gasteiger partial charge in [0.05, 0.1) is 0 Å². The van der Waals surface area contributed by atoms with Crippen LogP contribution in [0.2, 0.25) is 0 Å². The van der Waals surface area contributed by atoms with Gasteiger partial charge in [0.15, 0.2) is 0 Å². The van der Waals surface area contributed by atoms with Crippen molar-refractivity contribution < 1.29 is 4.79 Å². The van der Waals surface area contributed by atoms with Crippen LogP contribution in [0.1, 0.15) is 44.6 Å². The van der Waals surface area contributed by atoms with Gasteiger partial charge in [-0.15, -0.1) is 0 Å². The fraction of sp³-hybridized carbons (Fsp3) is 0.632. The highest BCUT2D eigenvalue weighted by Crippen LogP contribution is 2.40. The molecule has 0 aromatic heterocycles. The molecule has 3 rings (SSSR count). The second-order valence-corrected chi connectivity index (χ2v) is 6.81. The van der Waals surface area contributed by atoms with E-state index in [0.29, 0.717) is 0 Å². The van der Waals surface area contributed by atoms with Gasteiger partial charge in [0, 0.05) is 25.2 Å². The molecule has 2 aliphatic heterocycles. The van der Waals surface area contributed by atoms with E-state index in [1.165, 1.54) is 31.5 Å². The van der Waals surface area contributed by atoms with Crippen LogP contribution in [0.15, 0.2) is 30.3 Å². The summed E-state index contributed by atoms with van der Waals surface area (Å²) in [6.07, 6.45) is 5.67. The van der Waals surface area contributed by atoms with E-state index in [9.17, 15) is 4.79 Å². The molecule has 1 N–H and O–H groups in total. The zero-order chi connectivity index (χ0) is 16.1. The quantitative estimate of drug-likeness (QED) is 0.926. The highest BCUT2D eigenvalue weighted by Gasteiger charge is 2.42. The molecular weight excluding hydrogens is 286 g/mol. The average molecular weight is 315 g/mol. The summed E-state index contributed by atoms with van der Waals surface area (Å²) >= 11 is 0. The molecule has 126 valence electrons. The number of urea groups is 1. The topological polar surface area (TPSA) is 35.6 Å². The lowest BCUT2D eigenvalue weighted by molar-refractivity contribution is 0.0452. The third-order valence-electron chi connectivity index (χ3n) is 5.43. The number of carbonyl (C=O) groups is 1. The summed E-state index contributed by atoms with van der Waals surface area (Å²) in [5, 5.41) is 3.01. The molecule has 0 saturated carbocycles. The molecule has 0 aliphatic carbocycles. The van der Waals surface area contributed by atoms with Crippen molar-refractivity contribution in [2.75, 3.05) is 32.7 Å². The fourth-order valence-electron chi connectivity index (χ4n) is 4.10. The standard InChI is InChI=1S/C19H29N3O/c1-2-12-20-18(23)21-15-10-19(11-16-21,22-13-6-7-14-22)17-8-4-3-5-9-17/h3-5,8-9H,2,6-7,10-16H2,1H3,(H,20,23). The lowest BCUT2D eigenvalue weighted by Crippen LogP contribution is -2.54. The SMILES string of the molecule is CCCNC(=O)N1CCC(c2ccccc2)(N2CCCC2)CC1. The van der Waals surface area contributed by atoms with Gasteiger partial charge >= 0.3 is 6.03 Å². The number of rotatable bonds is 4. The van der Waals surface area contributed by atoms with Crippen molar-refractivity contribution in [1.29, 1.82) is 0 Å². The Hall–Kier alpha value is -1.55. The van der Waals surface area contributed by atoms with Gasteiger partial charge in [-0.05, 0) is 50.8 Å².